The fraction of sp³-hybridized carbons (Fsp3) is 0.0909. The Bertz CT molecular complexity index is 539. The number of rotatable bonds is 3. The second-order valence-corrected chi connectivity index (χ2v) is 4.23. The smallest absolute Gasteiger partial charge is 0.276 e. The van der Waals surface area contributed by atoms with Gasteiger partial charge >= 0.3 is 0 Å². The summed E-state index contributed by atoms with van der Waals surface area (Å²) in [6.07, 6.45) is 1.49. The van der Waals surface area contributed by atoms with Crippen molar-refractivity contribution in [3.63, 3.8) is 0 Å². The maximum Gasteiger partial charge on any atom is 0.276 e. The highest BCUT2D eigenvalue weighted by Crippen LogP contribution is 2.32. The molecule has 0 saturated carbocycles. The molecule has 0 bridgehead atoms. The molecule has 1 aromatic carbocycles. The molecule has 0 unspecified atom stereocenters. The van der Waals surface area contributed by atoms with E-state index in [2.05, 4.69) is 10.4 Å². The van der Waals surface area contributed by atoms with Crippen molar-refractivity contribution in [1.29, 1.82) is 0 Å². The van der Waals surface area contributed by atoms with E-state index in [9.17, 15) is 4.79 Å². The molecular weight excluding hydrogens is 238 g/mol. The van der Waals surface area contributed by atoms with Crippen molar-refractivity contribution in [3.05, 3.63) is 35.3 Å². The Kier molecular flexibility index (Phi) is 3.36. The first-order valence-corrected chi connectivity index (χ1v) is 5.68. The zero-order valence-electron chi connectivity index (χ0n) is 9.14. The third kappa shape index (κ3) is 2.27. The molecule has 0 atom stereocenters. The van der Waals surface area contributed by atoms with Crippen LogP contribution in [0.5, 0.6) is 5.75 Å². The maximum atomic E-state index is 11.3. The summed E-state index contributed by atoms with van der Waals surface area (Å²) in [6, 6.07) is 7.51. The number of nitrogens with zero attached hydrogens (tertiary/aromatic N) is 1. The number of ether oxygens (including phenoxy) is 1. The Balaban J connectivity index is 2.40. The monoisotopic (exact) mass is 249 g/mol. The summed E-state index contributed by atoms with van der Waals surface area (Å²) in [5, 5.41) is 0.723. The fourth-order valence-corrected chi connectivity index (χ4v) is 2.25. The first kappa shape index (κ1) is 11.6. The predicted octanol–water partition coefficient (Wildman–Crippen LogP) is 1.42. The van der Waals surface area contributed by atoms with Gasteiger partial charge < -0.3 is 4.74 Å². The van der Waals surface area contributed by atoms with Gasteiger partial charge in [0, 0.05) is 0 Å². The number of amides is 1. The minimum Gasteiger partial charge on any atom is -0.496 e. The Morgan fingerprint density at radius 1 is 1.47 bits per heavy atom. The minimum absolute atomic E-state index is 0.344. The Morgan fingerprint density at radius 3 is 2.94 bits per heavy atom. The number of carbonyl (C=O) groups excluding carboxylic acids is 1. The molecule has 0 aliphatic heterocycles. The van der Waals surface area contributed by atoms with Gasteiger partial charge in [-0.3, -0.25) is 10.2 Å². The highest BCUT2D eigenvalue weighted by atomic mass is 32.1. The molecule has 0 fully saturated rings. The molecule has 2 aromatic rings. The average molecular weight is 249 g/mol. The topological polar surface area (TPSA) is 77.2 Å². The molecule has 5 nitrogen and oxygen atoms in total. The van der Waals surface area contributed by atoms with E-state index in [0.29, 0.717) is 4.88 Å². The standard InChI is InChI=1S/C11H11N3O2S/c1-16-8-5-3-2-4-7(8)11-13-6-9(17-11)10(15)14-12/h2-6H,12H2,1H3,(H,14,15). The summed E-state index contributed by atoms with van der Waals surface area (Å²) in [5.41, 5.74) is 2.93. The molecule has 0 aliphatic carbocycles. The van der Waals surface area contributed by atoms with Gasteiger partial charge in [-0.15, -0.1) is 11.3 Å². The molecule has 0 saturated heterocycles. The number of thiazole rings is 1. The number of hydrogen-bond acceptors (Lipinski definition) is 5. The van der Waals surface area contributed by atoms with Crippen LogP contribution < -0.4 is 16.0 Å². The number of methoxy groups -OCH3 is 1. The van der Waals surface area contributed by atoms with E-state index >= 15 is 0 Å². The number of nitrogen functional groups attached to an aromatic ring is 1. The second-order valence-electron chi connectivity index (χ2n) is 3.20. The molecule has 3 N–H and O–H groups in total. The molecule has 88 valence electrons. The van der Waals surface area contributed by atoms with Gasteiger partial charge in [0.1, 0.15) is 15.6 Å². The Hall–Kier alpha value is -1.92. The van der Waals surface area contributed by atoms with Crippen LogP contribution in [0.1, 0.15) is 9.67 Å². The van der Waals surface area contributed by atoms with Crippen molar-refractivity contribution >= 4 is 17.2 Å². The third-order valence-corrected chi connectivity index (χ3v) is 3.23. The summed E-state index contributed by atoms with van der Waals surface area (Å²) in [6.45, 7) is 0. The number of hydrazine groups is 1. The second kappa shape index (κ2) is 4.94. The van der Waals surface area contributed by atoms with Crippen LogP contribution in [-0.4, -0.2) is 18.0 Å². The van der Waals surface area contributed by atoms with Crippen LogP contribution in [0.25, 0.3) is 10.6 Å². The summed E-state index contributed by atoms with van der Waals surface area (Å²) in [5.74, 6) is 5.44. The quantitative estimate of drug-likeness (QED) is 0.490. The van der Waals surface area contributed by atoms with E-state index in [1.165, 1.54) is 17.5 Å². The number of hydrogen-bond donors (Lipinski definition) is 2. The first-order valence-electron chi connectivity index (χ1n) is 4.86. The molecule has 17 heavy (non-hydrogen) atoms. The van der Waals surface area contributed by atoms with E-state index < -0.39 is 0 Å². The van der Waals surface area contributed by atoms with Crippen LogP contribution >= 0.6 is 11.3 Å². The molecule has 0 spiro atoms. The van der Waals surface area contributed by atoms with Crippen LogP contribution in [0, 0.1) is 0 Å². The van der Waals surface area contributed by atoms with Gasteiger partial charge in [-0.05, 0) is 12.1 Å². The van der Waals surface area contributed by atoms with Crippen molar-refractivity contribution < 1.29 is 9.53 Å². The fourth-order valence-electron chi connectivity index (χ4n) is 1.40. The van der Waals surface area contributed by atoms with Gasteiger partial charge in [0.25, 0.3) is 5.91 Å². The average Bonchev–Trinajstić information content (AvgIpc) is 2.87. The molecule has 1 amide bonds. The molecule has 0 aliphatic rings. The van der Waals surface area contributed by atoms with Crippen LogP contribution in [0.4, 0.5) is 0 Å². The lowest BCUT2D eigenvalue weighted by Crippen LogP contribution is -2.29. The van der Waals surface area contributed by atoms with Gasteiger partial charge in [-0.1, -0.05) is 12.1 Å². The van der Waals surface area contributed by atoms with E-state index in [1.54, 1.807) is 7.11 Å². The number of carbonyl (C=O) groups is 1. The molecule has 1 aromatic heterocycles. The largest absolute Gasteiger partial charge is 0.496 e. The molecular formula is C11H11N3O2S. The van der Waals surface area contributed by atoms with E-state index in [0.717, 1.165) is 16.3 Å². The Morgan fingerprint density at radius 2 is 2.24 bits per heavy atom. The first-order chi connectivity index (χ1) is 8.26. The van der Waals surface area contributed by atoms with Crippen LogP contribution in [-0.2, 0) is 0 Å². The number of nitrogens with one attached hydrogen (secondary N) is 1. The highest BCUT2D eigenvalue weighted by molar-refractivity contribution is 7.16. The number of benzene rings is 1. The van der Waals surface area contributed by atoms with Gasteiger partial charge in [-0.25, -0.2) is 10.8 Å². The lowest BCUT2D eigenvalue weighted by molar-refractivity contribution is 0.0957. The van der Waals surface area contributed by atoms with E-state index in [-0.39, 0.29) is 5.91 Å². The van der Waals surface area contributed by atoms with Crippen molar-refractivity contribution in [2.75, 3.05) is 7.11 Å². The summed E-state index contributed by atoms with van der Waals surface area (Å²) >= 11 is 1.27. The third-order valence-electron chi connectivity index (χ3n) is 2.20. The number of para-hydroxylation sites is 1. The predicted molar refractivity (Wildman–Crippen MR) is 65.8 cm³/mol. The van der Waals surface area contributed by atoms with E-state index in [4.69, 9.17) is 10.6 Å². The molecule has 1 heterocycles. The van der Waals surface area contributed by atoms with Gasteiger partial charge in [0.2, 0.25) is 0 Å². The van der Waals surface area contributed by atoms with Crippen molar-refractivity contribution in [3.8, 4) is 16.3 Å². The van der Waals surface area contributed by atoms with Crippen LogP contribution in [0.15, 0.2) is 30.5 Å². The van der Waals surface area contributed by atoms with Crippen LogP contribution in [0.3, 0.4) is 0 Å². The van der Waals surface area contributed by atoms with Crippen LogP contribution in [0.2, 0.25) is 0 Å². The SMILES string of the molecule is COc1ccccc1-c1ncc(C(=O)NN)s1. The summed E-state index contributed by atoms with van der Waals surface area (Å²) in [4.78, 5) is 16.0. The summed E-state index contributed by atoms with van der Waals surface area (Å²) < 4.78 is 5.24. The van der Waals surface area contributed by atoms with Crippen molar-refractivity contribution in [2.45, 2.75) is 0 Å². The lowest BCUT2D eigenvalue weighted by Gasteiger charge is -2.04. The van der Waals surface area contributed by atoms with Gasteiger partial charge in [-0.2, -0.15) is 0 Å². The van der Waals surface area contributed by atoms with Gasteiger partial charge in [0.05, 0.1) is 18.9 Å². The maximum absolute atomic E-state index is 11.3. The normalized spacial score (nSPS) is 10.0. The highest BCUT2D eigenvalue weighted by Gasteiger charge is 2.13. The van der Waals surface area contributed by atoms with Gasteiger partial charge in [0.15, 0.2) is 0 Å². The number of nitrogens with two attached hydrogens (primary N) is 1. The van der Waals surface area contributed by atoms with E-state index in [1.807, 2.05) is 24.3 Å². The Labute approximate surface area is 102 Å². The van der Waals surface area contributed by atoms with Crippen molar-refractivity contribution in [2.24, 2.45) is 5.84 Å². The lowest BCUT2D eigenvalue weighted by atomic mass is 10.2. The zero-order valence-corrected chi connectivity index (χ0v) is 9.95. The van der Waals surface area contributed by atoms with Crippen molar-refractivity contribution in [1.82, 2.24) is 10.4 Å². The number of aromatic nitrogens is 1. The minimum atomic E-state index is -0.344. The summed E-state index contributed by atoms with van der Waals surface area (Å²) in [7, 11) is 1.60. The molecule has 2 rings (SSSR count). The zero-order chi connectivity index (χ0) is 12.3. The molecule has 0 radical (unpaired) electrons. The molecule has 6 heteroatoms.